The number of rotatable bonds is 6. The van der Waals surface area contributed by atoms with E-state index in [-0.39, 0.29) is 31.6 Å². The van der Waals surface area contributed by atoms with Crippen molar-refractivity contribution < 1.29 is 27.5 Å². The van der Waals surface area contributed by atoms with Gasteiger partial charge in [0.05, 0.1) is 12.2 Å². The maximum Gasteiger partial charge on any atom is 0.408 e. The number of ether oxygens (including phenoxy) is 1. The largest absolute Gasteiger partial charge is 0.459 e. The Morgan fingerprint density at radius 2 is 1.88 bits per heavy atom. The number of pyridine rings is 2. The Labute approximate surface area is 243 Å². The zero-order valence-electron chi connectivity index (χ0n) is 24.1. The molecule has 0 aliphatic heterocycles. The fourth-order valence-electron chi connectivity index (χ4n) is 5.29. The van der Waals surface area contributed by atoms with Gasteiger partial charge in [0, 0.05) is 65.0 Å². The number of halogens is 2. The molecule has 1 aliphatic rings. The van der Waals surface area contributed by atoms with Gasteiger partial charge in [0.25, 0.3) is 0 Å². The number of benzene rings is 1. The van der Waals surface area contributed by atoms with Crippen LogP contribution in [-0.4, -0.2) is 33.4 Å². The first-order valence-corrected chi connectivity index (χ1v) is 14.3. The van der Waals surface area contributed by atoms with E-state index >= 15 is 0 Å². The molecule has 3 aromatic heterocycles. The lowest BCUT2D eigenvalue weighted by molar-refractivity contribution is -0.0277. The topological polar surface area (TPSA) is 94.3 Å². The Hall–Kier alpha value is -4.14. The molecule has 1 aromatic carbocycles. The molecule has 9 heteroatoms. The van der Waals surface area contributed by atoms with Crippen molar-refractivity contribution in [2.75, 3.05) is 0 Å². The monoisotopic (exact) mass is 575 g/mol. The predicted octanol–water partition coefficient (Wildman–Crippen LogP) is 8.37. The number of amides is 1. The molecule has 1 fully saturated rings. The highest BCUT2D eigenvalue weighted by molar-refractivity contribution is 5.99. The quantitative estimate of drug-likeness (QED) is 0.232. The van der Waals surface area contributed by atoms with E-state index in [9.17, 15) is 18.4 Å². The number of alkyl halides is 2. The number of hydrogen-bond acceptors (Lipinski definition) is 6. The third-order valence-electron chi connectivity index (χ3n) is 7.36. The minimum atomic E-state index is -2.70. The molecule has 1 N–H and O–H groups in total. The molecular formula is C33H35F2N3O4. The van der Waals surface area contributed by atoms with Crippen molar-refractivity contribution in [3.63, 3.8) is 0 Å². The van der Waals surface area contributed by atoms with Gasteiger partial charge in [0.2, 0.25) is 5.92 Å². The van der Waals surface area contributed by atoms with Crippen molar-refractivity contribution in [2.24, 2.45) is 5.92 Å². The van der Waals surface area contributed by atoms with Gasteiger partial charge >= 0.3 is 6.09 Å². The molecule has 1 aliphatic carbocycles. The smallest absolute Gasteiger partial charge is 0.408 e. The van der Waals surface area contributed by atoms with Crippen LogP contribution in [0.2, 0.25) is 0 Å². The molecule has 42 heavy (non-hydrogen) atoms. The molecule has 4 aromatic rings. The van der Waals surface area contributed by atoms with Crippen LogP contribution in [0, 0.1) is 5.92 Å². The van der Waals surface area contributed by atoms with Gasteiger partial charge in [-0.1, -0.05) is 12.5 Å². The normalized spacial score (nSPS) is 17.3. The summed E-state index contributed by atoms with van der Waals surface area (Å²) in [5.74, 6) is -2.70. The number of nitrogens with zero attached hydrogens (tertiary/aromatic N) is 2. The molecule has 7 nitrogen and oxygen atoms in total. The Morgan fingerprint density at radius 1 is 1.05 bits per heavy atom. The van der Waals surface area contributed by atoms with E-state index in [1.54, 1.807) is 45.3 Å². The van der Waals surface area contributed by atoms with Crippen LogP contribution in [0.4, 0.5) is 13.6 Å². The lowest BCUT2D eigenvalue weighted by atomic mass is 9.85. The number of carbonyl (C=O) groups is 2. The van der Waals surface area contributed by atoms with Crippen LogP contribution in [0.1, 0.15) is 75.4 Å². The fraction of sp³-hybridized carbons (Fsp3) is 0.394. The lowest BCUT2D eigenvalue weighted by Crippen LogP contribution is -2.32. The molecule has 0 saturated heterocycles. The van der Waals surface area contributed by atoms with Gasteiger partial charge in [-0.2, -0.15) is 0 Å². The van der Waals surface area contributed by atoms with Crippen LogP contribution in [0.25, 0.3) is 33.4 Å². The summed E-state index contributed by atoms with van der Waals surface area (Å²) >= 11 is 0. The van der Waals surface area contributed by atoms with E-state index in [4.69, 9.17) is 9.15 Å². The van der Waals surface area contributed by atoms with Gasteiger partial charge in [-0.3, -0.25) is 14.8 Å². The Kier molecular flexibility index (Phi) is 8.38. The van der Waals surface area contributed by atoms with Crippen LogP contribution in [0.15, 0.2) is 65.5 Å². The molecule has 1 atom stereocenters. The molecular weight excluding hydrogens is 540 g/mol. The number of Topliss-reactive ketones (excluding diaryl/α,β-unsaturated/α-hetero) is 1. The van der Waals surface area contributed by atoms with Gasteiger partial charge in [0.15, 0.2) is 5.78 Å². The molecule has 220 valence electrons. The summed E-state index contributed by atoms with van der Waals surface area (Å²) in [5.41, 5.74) is 3.56. The summed E-state index contributed by atoms with van der Waals surface area (Å²) in [6.45, 7) is 5.54. The maximum absolute atomic E-state index is 14.0. The average Bonchev–Trinajstić information content (AvgIpc) is 3.36. The molecule has 1 amide bonds. The summed E-state index contributed by atoms with van der Waals surface area (Å²) in [6.07, 6.45) is 5.93. The van der Waals surface area contributed by atoms with Crippen LogP contribution in [0.5, 0.6) is 0 Å². The highest BCUT2D eigenvalue weighted by Gasteiger charge is 2.33. The van der Waals surface area contributed by atoms with E-state index in [1.165, 1.54) is 6.20 Å². The third-order valence-corrected chi connectivity index (χ3v) is 7.36. The minimum absolute atomic E-state index is 0.103. The van der Waals surface area contributed by atoms with E-state index < -0.39 is 23.5 Å². The number of hydrogen-bond donors (Lipinski definition) is 1. The number of ketones is 1. The Balaban J connectivity index is 1.41. The summed E-state index contributed by atoms with van der Waals surface area (Å²) in [6, 6.07) is 13.0. The minimum Gasteiger partial charge on any atom is -0.459 e. The predicted molar refractivity (Wildman–Crippen MR) is 156 cm³/mol. The van der Waals surface area contributed by atoms with Gasteiger partial charge < -0.3 is 14.5 Å². The average molecular weight is 576 g/mol. The van der Waals surface area contributed by atoms with E-state index in [0.717, 1.165) is 22.1 Å². The van der Waals surface area contributed by atoms with Gasteiger partial charge in [0.1, 0.15) is 16.9 Å². The Bertz CT molecular complexity index is 1560. The fourth-order valence-corrected chi connectivity index (χ4v) is 5.29. The van der Waals surface area contributed by atoms with Gasteiger partial charge in [-0.25, -0.2) is 13.6 Å². The molecule has 0 spiro atoms. The first-order valence-electron chi connectivity index (χ1n) is 14.3. The summed E-state index contributed by atoms with van der Waals surface area (Å²) in [7, 11) is 0. The standard InChI is InChI=1S/C33H35F2N3O4/c1-32(2,3)42-31(40)38-20-26-16-25-15-24(17-27(30(25)41-26)22-8-6-14-36-18-22)28-10-9-23(19-37-28)29(39)21-7-4-5-12-33(34,35)13-11-21/h6,8-10,14-19,21H,4-5,7,11-13,20H2,1-3H3,(H,38,40). The molecule has 5 rings (SSSR count). The van der Waals surface area contributed by atoms with Crippen molar-refractivity contribution in [1.29, 1.82) is 0 Å². The number of carbonyl (C=O) groups excluding carboxylic acids is 2. The zero-order valence-corrected chi connectivity index (χ0v) is 24.1. The number of fused-ring (bicyclic) bond motifs is 1. The number of furan rings is 1. The summed E-state index contributed by atoms with van der Waals surface area (Å²) in [5, 5.41) is 3.53. The highest BCUT2D eigenvalue weighted by Crippen LogP contribution is 2.37. The molecule has 0 bridgehead atoms. The highest BCUT2D eigenvalue weighted by atomic mass is 19.3. The molecule has 0 radical (unpaired) electrons. The first-order chi connectivity index (χ1) is 20.0. The zero-order chi connectivity index (χ0) is 29.9. The lowest BCUT2D eigenvalue weighted by Gasteiger charge is -2.24. The van der Waals surface area contributed by atoms with Crippen LogP contribution in [0.3, 0.4) is 0 Å². The number of aromatic nitrogens is 2. The Morgan fingerprint density at radius 3 is 2.60 bits per heavy atom. The van der Waals surface area contributed by atoms with Crippen molar-refractivity contribution in [2.45, 2.75) is 77.4 Å². The second kappa shape index (κ2) is 12.0. The number of nitrogens with one attached hydrogen (secondary N) is 1. The second-order valence-corrected chi connectivity index (χ2v) is 11.9. The molecule has 1 unspecified atom stereocenters. The van der Waals surface area contributed by atoms with Gasteiger partial charge in [-0.05, 0) is 76.4 Å². The van der Waals surface area contributed by atoms with Crippen molar-refractivity contribution in [3.8, 4) is 22.4 Å². The van der Waals surface area contributed by atoms with E-state index in [0.29, 0.717) is 41.9 Å². The SMILES string of the molecule is CC(C)(C)OC(=O)NCc1cc2cc(-c3ccc(C(=O)C4CCCCC(F)(F)CC4)cn3)cc(-c3cccnc3)c2o1. The molecule has 3 heterocycles. The van der Waals surface area contributed by atoms with E-state index in [1.807, 2.05) is 30.3 Å². The van der Waals surface area contributed by atoms with Crippen molar-refractivity contribution in [1.82, 2.24) is 15.3 Å². The maximum atomic E-state index is 14.0. The van der Waals surface area contributed by atoms with Crippen LogP contribution in [-0.2, 0) is 11.3 Å². The van der Waals surface area contributed by atoms with Crippen molar-refractivity contribution in [3.05, 3.63) is 72.4 Å². The van der Waals surface area contributed by atoms with Crippen LogP contribution >= 0.6 is 0 Å². The van der Waals surface area contributed by atoms with Gasteiger partial charge in [-0.15, -0.1) is 0 Å². The van der Waals surface area contributed by atoms with E-state index in [2.05, 4.69) is 15.3 Å². The van der Waals surface area contributed by atoms with Crippen molar-refractivity contribution >= 4 is 22.8 Å². The summed E-state index contributed by atoms with van der Waals surface area (Å²) < 4.78 is 39.4. The summed E-state index contributed by atoms with van der Waals surface area (Å²) in [4.78, 5) is 34.2. The number of alkyl carbamates (subject to hydrolysis) is 1. The molecule has 1 saturated carbocycles. The third kappa shape index (κ3) is 7.19. The van der Waals surface area contributed by atoms with Crippen LogP contribution < -0.4 is 5.32 Å². The first kappa shape index (κ1) is 29.4. The second-order valence-electron chi connectivity index (χ2n) is 11.9.